The molecular formula is C30H32F3NO2. The predicted octanol–water partition coefficient (Wildman–Crippen LogP) is 7.61. The lowest BCUT2D eigenvalue weighted by molar-refractivity contribution is -0.170. The van der Waals surface area contributed by atoms with Crippen molar-refractivity contribution in [3.63, 3.8) is 0 Å². The summed E-state index contributed by atoms with van der Waals surface area (Å²) in [4.78, 5) is 12.9. The summed E-state index contributed by atoms with van der Waals surface area (Å²) < 4.78 is 39.7. The van der Waals surface area contributed by atoms with Gasteiger partial charge in [0.1, 0.15) is 0 Å². The van der Waals surface area contributed by atoms with Gasteiger partial charge in [-0.1, -0.05) is 48.0 Å². The Kier molecular flexibility index (Phi) is 8.09. The molecule has 190 valence electrons. The zero-order valence-electron chi connectivity index (χ0n) is 21.5. The molecule has 0 saturated carbocycles. The maximum absolute atomic E-state index is 13.2. The van der Waals surface area contributed by atoms with Gasteiger partial charge in [-0.2, -0.15) is 13.2 Å². The van der Waals surface area contributed by atoms with Gasteiger partial charge in [0, 0.05) is 12.2 Å². The normalized spacial score (nSPS) is 11.4. The molecule has 0 bridgehead atoms. The van der Waals surface area contributed by atoms with Gasteiger partial charge in [0.15, 0.2) is 0 Å². The molecule has 1 N–H and O–H groups in total. The van der Waals surface area contributed by atoms with Crippen molar-refractivity contribution in [1.82, 2.24) is 0 Å². The number of aliphatic hydroxyl groups is 1. The quantitative estimate of drug-likeness (QED) is 0.358. The Hall–Kier alpha value is -3.38. The van der Waals surface area contributed by atoms with E-state index in [0.717, 1.165) is 60.5 Å². The van der Waals surface area contributed by atoms with Crippen molar-refractivity contribution >= 4 is 11.6 Å². The number of anilines is 1. The van der Waals surface area contributed by atoms with E-state index >= 15 is 0 Å². The Balaban J connectivity index is 2.06. The monoisotopic (exact) mass is 495 g/mol. The molecule has 0 atom stereocenters. The van der Waals surface area contributed by atoms with E-state index in [0.29, 0.717) is 0 Å². The Labute approximate surface area is 210 Å². The van der Waals surface area contributed by atoms with E-state index in [2.05, 4.69) is 13.8 Å². The Morgan fingerprint density at radius 1 is 0.806 bits per heavy atom. The van der Waals surface area contributed by atoms with Crippen molar-refractivity contribution in [3.8, 4) is 22.3 Å². The van der Waals surface area contributed by atoms with Crippen LogP contribution in [0, 0.1) is 27.7 Å². The van der Waals surface area contributed by atoms with Gasteiger partial charge >= 0.3 is 12.1 Å². The second-order valence-corrected chi connectivity index (χ2v) is 9.35. The van der Waals surface area contributed by atoms with Crippen molar-refractivity contribution in [2.45, 2.75) is 54.3 Å². The van der Waals surface area contributed by atoms with Crippen LogP contribution in [-0.4, -0.2) is 23.7 Å². The molecule has 0 unspecified atom stereocenters. The van der Waals surface area contributed by atoms with Crippen LogP contribution < -0.4 is 4.90 Å². The number of carbonyl (C=O) groups excluding carboxylic acids is 1. The minimum atomic E-state index is -4.96. The summed E-state index contributed by atoms with van der Waals surface area (Å²) in [6.45, 7) is 11.6. The lowest BCUT2D eigenvalue weighted by atomic mass is 9.83. The van der Waals surface area contributed by atoms with Crippen molar-refractivity contribution in [2.75, 3.05) is 11.4 Å². The molecule has 0 aromatic heterocycles. The minimum Gasteiger partial charge on any atom is -0.392 e. The number of carbonyl (C=O) groups is 1. The van der Waals surface area contributed by atoms with Gasteiger partial charge < -0.3 is 10.0 Å². The molecule has 36 heavy (non-hydrogen) atoms. The highest BCUT2D eigenvalue weighted by Crippen LogP contribution is 2.39. The lowest BCUT2D eigenvalue weighted by Crippen LogP contribution is -2.41. The maximum atomic E-state index is 13.2. The van der Waals surface area contributed by atoms with Gasteiger partial charge in [-0.25, -0.2) is 0 Å². The van der Waals surface area contributed by atoms with Crippen LogP contribution in [0.25, 0.3) is 22.3 Å². The van der Waals surface area contributed by atoms with E-state index in [9.17, 15) is 23.1 Å². The molecule has 0 fully saturated rings. The average Bonchev–Trinajstić information content (AvgIpc) is 2.83. The number of hydrogen-bond donors (Lipinski definition) is 1. The van der Waals surface area contributed by atoms with Crippen molar-refractivity contribution in [3.05, 3.63) is 88.0 Å². The van der Waals surface area contributed by atoms with E-state index in [-0.39, 0.29) is 18.8 Å². The van der Waals surface area contributed by atoms with Crippen LogP contribution in [0.4, 0.5) is 18.9 Å². The van der Waals surface area contributed by atoms with Crippen molar-refractivity contribution < 1.29 is 23.1 Å². The largest absolute Gasteiger partial charge is 0.471 e. The summed E-state index contributed by atoms with van der Waals surface area (Å²) in [6.07, 6.45) is -3.36. The summed E-state index contributed by atoms with van der Waals surface area (Å²) in [6, 6.07) is 14.5. The number of hydrogen-bond acceptors (Lipinski definition) is 2. The Bertz CT molecular complexity index is 1250. The zero-order chi connectivity index (χ0) is 26.8. The van der Waals surface area contributed by atoms with Gasteiger partial charge in [-0.05, 0) is 104 Å². The highest BCUT2D eigenvalue weighted by Gasteiger charge is 2.42. The molecule has 0 spiro atoms. The van der Waals surface area contributed by atoms with Crippen LogP contribution in [0.5, 0.6) is 0 Å². The van der Waals surface area contributed by atoms with Gasteiger partial charge in [0.25, 0.3) is 0 Å². The van der Waals surface area contributed by atoms with Gasteiger partial charge in [0.05, 0.1) is 6.61 Å². The van der Waals surface area contributed by atoms with Crippen molar-refractivity contribution in [1.29, 1.82) is 0 Å². The van der Waals surface area contributed by atoms with Gasteiger partial charge in [-0.3, -0.25) is 4.79 Å². The fraction of sp³-hybridized carbons (Fsp3) is 0.300. The molecule has 0 heterocycles. The SMILES string of the molecule is CC(C)=CCN(C(=O)C(F)(F)F)c1ccc(-c2c(C)c(C)c(-c3ccc(CO)cc3)c(C)c2C)cc1. The summed E-state index contributed by atoms with van der Waals surface area (Å²) in [5.41, 5.74) is 10.4. The number of benzene rings is 3. The Morgan fingerprint density at radius 2 is 1.22 bits per heavy atom. The third kappa shape index (κ3) is 5.54. The number of amides is 1. The number of rotatable bonds is 6. The molecule has 0 radical (unpaired) electrons. The fourth-order valence-electron chi connectivity index (χ4n) is 4.50. The van der Waals surface area contributed by atoms with E-state index in [1.54, 1.807) is 44.2 Å². The molecule has 0 aliphatic rings. The third-order valence-corrected chi connectivity index (χ3v) is 6.69. The highest BCUT2D eigenvalue weighted by atomic mass is 19.4. The number of halogens is 3. The topological polar surface area (TPSA) is 40.5 Å². The molecule has 3 nitrogen and oxygen atoms in total. The summed E-state index contributed by atoms with van der Waals surface area (Å²) in [5.74, 6) is -1.89. The summed E-state index contributed by atoms with van der Waals surface area (Å²) in [7, 11) is 0. The summed E-state index contributed by atoms with van der Waals surface area (Å²) >= 11 is 0. The first-order valence-corrected chi connectivity index (χ1v) is 11.8. The van der Waals surface area contributed by atoms with E-state index in [1.165, 1.54) is 0 Å². The molecule has 6 heteroatoms. The van der Waals surface area contributed by atoms with E-state index < -0.39 is 12.1 Å². The standard InChI is InChI=1S/C30H32F3NO2/c1-18(2)15-16-34(29(36)30(31,32)33)26-13-11-25(12-14-26)28-21(5)19(3)27(20(4)22(28)6)24-9-7-23(17-35)8-10-24/h7-15,35H,16-17H2,1-6H3. The molecule has 0 aliphatic heterocycles. The van der Waals surface area contributed by atoms with Crippen LogP contribution >= 0.6 is 0 Å². The number of alkyl halides is 3. The minimum absolute atomic E-state index is 0.00837. The van der Waals surface area contributed by atoms with E-state index in [1.807, 2.05) is 38.1 Å². The number of nitrogens with zero attached hydrogens (tertiary/aromatic N) is 1. The molecular weight excluding hydrogens is 463 g/mol. The highest BCUT2D eigenvalue weighted by molar-refractivity contribution is 5.98. The Morgan fingerprint density at radius 3 is 1.58 bits per heavy atom. The molecule has 3 aromatic carbocycles. The fourth-order valence-corrected chi connectivity index (χ4v) is 4.50. The van der Waals surface area contributed by atoms with Gasteiger partial charge in [0.2, 0.25) is 0 Å². The lowest BCUT2D eigenvalue weighted by Gasteiger charge is -2.24. The molecule has 0 aliphatic carbocycles. The first kappa shape index (κ1) is 27.2. The first-order valence-electron chi connectivity index (χ1n) is 11.8. The second-order valence-electron chi connectivity index (χ2n) is 9.35. The molecule has 0 saturated heterocycles. The molecule has 1 amide bonds. The van der Waals surface area contributed by atoms with Crippen LogP contribution in [0.15, 0.2) is 60.2 Å². The second kappa shape index (κ2) is 10.7. The molecule has 3 aromatic rings. The zero-order valence-corrected chi connectivity index (χ0v) is 21.5. The summed E-state index contributed by atoms with van der Waals surface area (Å²) in [5, 5.41) is 9.36. The smallest absolute Gasteiger partial charge is 0.392 e. The van der Waals surface area contributed by atoms with Crippen LogP contribution in [0.3, 0.4) is 0 Å². The van der Waals surface area contributed by atoms with Gasteiger partial charge in [-0.15, -0.1) is 0 Å². The van der Waals surface area contributed by atoms with Crippen LogP contribution in [0.2, 0.25) is 0 Å². The van der Waals surface area contributed by atoms with Crippen molar-refractivity contribution in [2.24, 2.45) is 0 Å². The maximum Gasteiger partial charge on any atom is 0.471 e. The predicted molar refractivity (Wildman–Crippen MR) is 140 cm³/mol. The third-order valence-electron chi connectivity index (χ3n) is 6.69. The number of allylic oxidation sites excluding steroid dienone is 1. The molecule has 3 rings (SSSR count). The van der Waals surface area contributed by atoms with Crippen LogP contribution in [0.1, 0.15) is 41.7 Å². The first-order chi connectivity index (χ1) is 16.9. The van der Waals surface area contributed by atoms with E-state index in [4.69, 9.17) is 0 Å². The number of aliphatic hydroxyl groups excluding tert-OH is 1. The van der Waals surface area contributed by atoms with Crippen LogP contribution in [-0.2, 0) is 11.4 Å². The average molecular weight is 496 g/mol.